The highest BCUT2D eigenvalue weighted by atomic mass is 16.5. The van der Waals surface area contributed by atoms with Crippen LogP contribution in [0.15, 0.2) is 0 Å². The van der Waals surface area contributed by atoms with Crippen molar-refractivity contribution < 1.29 is 28.7 Å². The first-order valence-corrected chi connectivity index (χ1v) is 9.93. The molecule has 152 valence electrons. The zero-order chi connectivity index (χ0) is 20.4. The van der Waals surface area contributed by atoms with Crippen molar-refractivity contribution in [3.05, 3.63) is 22.5 Å². The highest BCUT2D eigenvalue weighted by molar-refractivity contribution is 6.09. The highest BCUT2D eigenvalue weighted by Crippen LogP contribution is 2.40. The van der Waals surface area contributed by atoms with Crippen LogP contribution in [0, 0.1) is 31.6 Å². The molecule has 0 amide bonds. The van der Waals surface area contributed by atoms with Crippen molar-refractivity contribution in [1.29, 1.82) is 0 Å². The van der Waals surface area contributed by atoms with Gasteiger partial charge in [-0.3, -0.25) is 14.4 Å². The number of hydrogen-bond donors (Lipinski definition) is 1. The maximum atomic E-state index is 12.7. The number of ketones is 2. The lowest BCUT2D eigenvalue weighted by atomic mass is 9.67. The largest absolute Gasteiger partial charge is 0.462 e. The van der Waals surface area contributed by atoms with Crippen LogP contribution in [0.2, 0.25) is 0 Å². The van der Waals surface area contributed by atoms with Gasteiger partial charge in [-0.1, -0.05) is 6.42 Å². The third kappa shape index (κ3) is 3.88. The van der Waals surface area contributed by atoms with Gasteiger partial charge in [0.05, 0.1) is 23.7 Å². The van der Waals surface area contributed by atoms with Gasteiger partial charge in [-0.25, -0.2) is 4.79 Å². The molecule has 2 aliphatic carbocycles. The number of ether oxygens (including phenoxy) is 2. The van der Waals surface area contributed by atoms with Crippen molar-refractivity contribution in [3.63, 3.8) is 0 Å². The average molecular weight is 389 g/mol. The Morgan fingerprint density at radius 1 is 1.00 bits per heavy atom. The molecule has 2 fully saturated rings. The fourth-order valence-corrected chi connectivity index (χ4v) is 4.59. The number of aromatic nitrogens is 1. The number of aromatic amines is 1. The van der Waals surface area contributed by atoms with Gasteiger partial charge < -0.3 is 14.5 Å². The predicted molar refractivity (Wildman–Crippen MR) is 100 cm³/mol. The van der Waals surface area contributed by atoms with Gasteiger partial charge in [-0.15, -0.1) is 0 Å². The van der Waals surface area contributed by atoms with E-state index in [0.717, 1.165) is 19.3 Å². The van der Waals surface area contributed by atoms with Crippen molar-refractivity contribution in [1.82, 2.24) is 4.98 Å². The van der Waals surface area contributed by atoms with Crippen molar-refractivity contribution in [3.8, 4) is 0 Å². The van der Waals surface area contributed by atoms with Gasteiger partial charge in [0.15, 0.2) is 6.61 Å². The van der Waals surface area contributed by atoms with Crippen LogP contribution in [0.25, 0.3) is 0 Å². The number of fused-ring (bicyclic) bond motifs is 2. The Bertz CT molecular complexity index is 792. The first-order valence-electron chi connectivity index (χ1n) is 9.93. The Hall–Kier alpha value is -2.44. The third-order valence-corrected chi connectivity index (χ3v) is 5.86. The van der Waals surface area contributed by atoms with Gasteiger partial charge in [0.25, 0.3) is 0 Å². The summed E-state index contributed by atoms with van der Waals surface area (Å²) in [6.45, 7) is 4.86. The molecule has 1 aromatic heterocycles. The van der Waals surface area contributed by atoms with Gasteiger partial charge in [0, 0.05) is 23.2 Å². The summed E-state index contributed by atoms with van der Waals surface area (Å²) in [6, 6.07) is 0. The summed E-state index contributed by atoms with van der Waals surface area (Å²) in [5.41, 5.74) is 1.49. The number of aryl methyl sites for hydroxylation is 2. The van der Waals surface area contributed by atoms with E-state index in [9.17, 15) is 19.2 Å². The van der Waals surface area contributed by atoms with Crippen LogP contribution in [-0.4, -0.2) is 41.7 Å². The van der Waals surface area contributed by atoms with Crippen LogP contribution in [0.5, 0.6) is 0 Å². The van der Waals surface area contributed by atoms with E-state index in [0.29, 0.717) is 24.2 Å². The lowest BCUT2D eigenvalue weighted by molar-refractivity contribution is -0.152. The number of H-pyrrole nitrogens is 1. The van der Waals surface area contributed by atoms with E-state index >= 15 is 0 Å². The molecule has 0 unspecified atom stereocenters. The van der Waals surface area contributed by atoms with E-state index in [4.69, 9.17) is 9.47 Å². The molecule has 0 aromatic carbocycles. The summed E-state index contributed by atoms with van der Waals surface area (Å²) in [5, 5.41) is 0. The van der Waals surface area contributed by atoms with Crippen molar-refractivity contribution >= 4 is 23.5 Å². The third-order valence-electron chi connectivity index (χ3n) is 5.86. The van der Waals surface area contributed by atoms with Crippen LogP contribution in [0.1, 0.15) is 71.1 Å². The standard InChI is InChI=1S/C21H27NO6/c1-4-27-21(26)18-12(3)22-11(2)17(18)16(23)10-28-20(25)15-8-13-6-5-7-14(9-15)19(13)24/h13-15,22H,4-10H2,1-3H3/t13-,14-/m1/s1. The lowest BCUT2D eigenvalue weighted by Crippen LogP contribution is -2.39. The molecule has 2 bridgehead atoms. The van der Waals surface area contributed by atoms with Crippen LogP contribution >= 0.6 is 0 Å². The number of carbonyl (C=O) groups is 4. The molecular weight excluding hydrogens is 362 g/mol. The quantitative estimate of drug-likeness (QED) is 0.593. The zero-order valence-corrected chi connectivity index (χ0v) is 16.6. The summed E-state index contributed by atoms with van der Waals surface area (Å²) >= 11 is 0. The summed E-state index contributed by atoms with van der Waals surface area (Å²) in [7, 11) is 0. The Labute approximate surface area is 164 Å². The van der Waals surface area contributed by atoms with Crippen molar-refractivity contribution in [2.75, 3.05) is 13.2 Å². The number of rotatable bonds is 6. The molecular formula is C21H27NO6. The molecule has 7 heteroatoms. The van der Waals surface area contributed by atoms with Crippen LogP contribution in [0.4, 0.5) is 0 Å². The molecule has 0 radical (unpaired) electrons. The second-order valence-electron chi connectivity index (χ2n) is 7.77. The Morgan fingerprint density at radius 3 is 2.21 bits per heavy atom. The number of Topliss-reactive ketones (excluding diaryl/α,β-unsaturated/α-hetero) is 2. The van der Waals surface area contributed by atoms with Crippen molar-refractivity contribution in [2.24, 2.45) is 17.8 Å². The van der Waals surface area contributed by atoms with Crippen LogP contribution in [0.3, 0.4) is 0 Å². The average Bonchev–Trinajstić information content (AvgIpc) is 2.93. The predicted octanol–water partition coefficient (Wildman–Crippen LogP) is 2.93. The van der Waals surface area contributed by atoms with Gasteiger partial charge in [0.1, 0.15) is 5.78 Å². The monoisotopic (exact) mass is 389 g/mol. The zero-order valence-electron chi connectivity index (χ0n) is 16.6. The molecule has 1 heterocycles. The molecule has 2 saturated carbocycles. The Morgan fingerprint density at radius 2 is 1.61 bits per heavy atom. The lowest BCUT2D eigenvalue weighted by Gasteiger charge is -2.36. The second-order valence-corrected chi connectivity index (χ2v) is 7.77. The number of hydrogen-bond acceptors (Lipinski definition) is 6. The normalized spacial score (nSPS) is 24.0. The maximum absolute atomic E-state index is 12.7. The maximum Gasteiger partial charge on any atom is 0.340 e. The molecule has 0 spiro atoms. The minimum Gasteiger partial charge on any atom is -0.462 e. The molecule has 0 aliphatic heterocycles. The van der Waals surface area contributed by atoms with Crippen LogP contribution in [-0.2, 0) is 19.1 Å². The van der Waals surface area contributed by atoms with E-state index < -0.39 is 24.3 Å². The van der Waals surface area contributed by atoms with E-state index in [1.54, 1.807) is 20.8 Å². The van der Waals surface area contributed by atoms with Gasteiger partial charge in [-0.2, -0.15) is 0 Å². The van der Waals surface area contributed by atoms with Gasteiger partial charge >= 0.3 is 11.9 Å². The summed E-state index contributed by atoms with van der Waals surface area (Å²) in [6.07, 6.45) is 3.73. The number of nitrogens with one attached hydrogen (secondary N) is 1. The van der Waals surface area contributed by atoms with Crippen LogP contribution < -0.4 is 0 Å². The van der Waals surface area contributed by atoms with E-state index in [-0.39, 0.29) is 41.3 Å². The van der Waals surface area contributed by atoms with Gasteiger partial charge in [-0.05, 0) is 46.5 Å². The number of carbonyl (C=O) groups excluding carboxylic acids is 4. The Balaban J connectivity index is 1.65. The first kappa shape index (κ1) is 20.3. The second kappa shape index (κ2) is 8.29. The Kier molecular flexibility index (Phi) is 6.01. The molecule has 1 aromatic rings. The van der Waals surface area contributed by atoms with E-state index in [1.807, 2.05) is 0 Å². The summed E-state index contributed by atoms with van der Waals surface area (Å²) in [5.74, 6) is -1.59. The molecule has 2 aliphatic rings. The summed E-state index contributed by atoms with van der Waals surface area (Å²) in [4.78, 5) is 52.5. The molecule has 1 N–H and O–H groups in total. The molecule has 28 heavy (non-hydrogen) atoms. The molecule has 3 rings (SSSR count). The molecule has 7 nitrogen and oxygen atoms in total. The highest BCUT2D eigenvalue weighted by Gasteiger charge is 2.42. The smallest absolute Gasteiger partial charge is 0.340 e. The SMILES string of the molecule is CCOC(=O)c1c(C)[nH]c(C)c1C(=O)COC(=O)C1C[C@H]2CCC[C@H](C1)C2=O. The minimum atomic E-state index is -0.572. The number of esters is 2. The fourth-order valence-electron chi connectivity index (χ4n) is 4.59. The molecule has 0 saturated heterocycles. The van der Waals surface area contributed by atoms with E-state index in [1.165, 1.54) is 0 Å². The summed E-state index contributed by atoms with van der Waals surface area (Å²) < 4.78 is 10.3. The minimum absolute atomic E-state index is 0.0502. The topological polar surface area (TPSA) is 103 Å². The first-order chi connectivity index (χ1) is 13.3. The van der Waals surface area contributed by atoms with E-state index in [2.05, 4.69) is 4.98 Å². The van der Waals surface area contributed by atoms with Gasteiger partial charge in [0.2, 0.25) is 5.78 Å². The fraction of sp³-hybridized carbons (Fsp3) is 0.619. The molecule has 2 atom stereocenters. The van der Waals surface area contributed by atoms with Crippen molar-refractivity contribution in [2.45, 2.75) is 52.9 Å².